The standard InChI is InChI=1S/C50H97NO8/c1-3-5-7-9-11-13-15-17-18-19-20-21-22-23-24-25-26-28-30-32-34-36-38-40-46(54)51-43(42-58-50-49(57)48(56)47(55)45(41-52)59-50)44(53)39-37-35-33-31-29-27-16-14-12-10-8-6-4-2/h37,39,43-45,47-50,52-53,55-57H,3-36,38,40-42H2,1-2H3,(H,51,54)/b39-37+/t43-,44+,45+,47+,48-,49+,50+/m0/s1. The Kier molecular flexibility index (Phi) is 38.9. The first kappa shape index (κ1) is 55.9. The summed E-state index contributed by atoms with van der Waals surface area (Å²) in [5.74, 6) is -0.172. The van der Waals surface area contributed by atoms with Crippen LogP contribution in [-0.2, 0) is 14.3 Å². The molecule has 0 aliphatic carbocycles. The van der Waals surface area contributed by atoms with Crippen molar-refractivity contribution in [3.05, 3.63) is 12.2 Å². The van der Waals surface area contributed by atoms with Crippen LogP contribution in [0.4, 0.5) is 0 Å². The van der Waals surface area contributed by atoms with Gasteiger partial charge in [0.2, 0.25) is 5.91 Å². The van der Waals surface area contributed by atoms with Gasteiger partial charge >= 0.3 is 0 Å². The van der Waals surface area contributed by atoms with Crippen molar-refractivity contribution < 1.29 is 39.8 Å². The number of aliphatic hydroxyl groups excluding tert-OH is 5. The molecule has 0 saturated carbocycles. The largest absolute Gasteiger partial charge is 0.394 e. The molecule has 1 aliphatic heterocycles. The second-order valence-electron chi connectivity index (χ2n) is 18.0. The summed E-state index contributed by atoms with van der Waals surface area (Å²) in [5.41, 5.74) is 0. The van der Waals surface area contributed by atoms with Crippen LogP contribution in [0.3, 0.4) is 0 Å². The molecule has 0 bridgehead atoms. The molecular formula is C50H97NO8. The summed E-state index contributed by atoms with van der Waals surface area (Å²) < 4.78 is 11.2. The topological polar surface area (TPSA) is 149 Å². The van der Waals surface area contributed by atoms with Crippen molar-refractivity contribution in [2.24, 2.45) is 0 Å². The third-order valence-corrected chi connectivity index (χ3v) is 12.4. The second kappa shape index (κ2) is 41.0. The van der Waals surface area contributed by atoms with Crippen molar-refractivity contribution in [3.63, 3.8) is 0 Å². The van der Waals surface area contributed by atoms with E-state index in [9.17, 15) is 30.3 Å². The molecule has 1 saturated heterocycles. The van der Waals surface area contributed by atoms with E-state index in [-0.39, 0.29) is 12.5 Å². The zero-order valence-electron chi connectivity index (χ0n) is 38.5. The van der Waals surface area contributed by atoms with E-state index in [4.69, 9.17) is 9.47 Å². The molecule has 1 heterocycles. The summed E-state index contributed by atoms with van der Waals surface area (Å²) in [6, 6.07) is -0.798. The SMILES string of the molecule is CCCCCCCCCCCCC/C=C/[C@@H](O)[C@H](CO[C@@H]1O[C@H](CO)[C@@H](O)[C@H](O)[C@H]1O)NC(=O)CCCCCCCCCCCCCCCCCCCCCCCCC. The number of nitrogens with one attached hydrogen (secondary N) is 1. The van der Waals surface area contributed by atoms with Gasteiger partial charge in [-0.15, -0.1) is 0 Å². The normalized spacial score (nSPS) is 20.7. The monoisotopic (exact) mass is 840 g/mol. The van der Waals surface area contributed by atoms with E-state index in [1.54, 1.807) is 6.08 Å². The quantitative estimate of drug-likeness (QED) is 0.0263. The van der Waals surface area contributed by atoms with Gasteiger partial charge in [-0.3, -0.25) is 4.79 Å². The number of ether oxygens (including phenoxy) is 2. The number of unbranched alkanes of at least 4 members (excludes halogenated alkanes) is 33. The van der Waals surface area contributed by atoms with Crippen LogP contribution in [0.25, 0.3) is 0 Å². The first-order valence-electron chi connectivity index (χ1n) is 25.4. The smallest absolute Gasteiger partial charge is 0.220 e. The predicted molar refractivity (Wildman–Crippen MR) is 244 cm³/mol. The second-order valence-corrected chi connectivity index (χ2v) is 18.0. The summed E-state index contributed by atoms with van der Waals surface area (Å²) in [7, 11) is 0. The molecule has 0 aromatic rings. The molecule has 350 valence electrons. The van der Waals surface area contributed by atoms with E-state index < -0.39 is 49.5 Å². The Bertz CT molecular complexity index is 935. The van der Waals surface area contributed by atoms with E-state index >= 15 is 0 Å². The zero-order valence-corrected chi connectivity index (χ0v) is 38.5. The highest BCUT2D eigenvalue weighted by atomic mass is 16.7. The van der Waals surface area contributed by atoms with Gasteiger partial charge in [0, 0.05) is 6.42 Å². The van der Waals surface area contributed by atoms with Crippen molar-refractivity contribution in [1.82, 2.24) is 5.32 Å². The van der Waals surface area contributed by atoms with Crippen LogP contribution in [0.5, 0.6) is 0 Å². The molecule has 0 unspecified atom stereocenters. The van der Waals surface area contributed by atoms with Crippen molar-refractivity contribution in [2.45, 2.75) is 288 Å². The summed E-state index contributed by atoms with van der Waals surface area (Å²) in [6.45, 7) is 3.79. The fourth-order valence-corrected chi connectivity index (χ4v) is 8.28. The Labute approximate surface area is 363 Å². The number of carbonyl (C=O) groups is 1. The van der Waals surface area contributed by atoms with Gasteiger partial charge in [-0.05, 0) is 19.3 Å². The Morgan fingerprint density at radius 2 is 0.932 bits per heavy atom. The minimum absolute atomic E-state index is 0.172. The van der Waals surface area contributed by atoms with Crippen molar-refractivity contribution in [3.8, 4) is 0 Å². The average Bonchev–Trinajstić information content (AvgIpc) is 3.23. The molecule has 59 heavy (non-hydrogen) atoms. The zero-order chi connectivity index (χ0) is 43.0. The van der Waals surface area contributed by atoms with Crippen LogP contribution in [0.15, 0.2) is 12.2 Å². The van der Waals surface area contributed by atoms with E-state index in [1.165, 1.54) is 186 Å². The number of hydrogen-bond acceptors (Lipinski definition) is 8. The Hall–Kier alpha value is -1.07. The average molecular weight is 840 g/mol. The predicted octanol–water partition coefficient (Wildman–Crippen LogP) is 11.3. The molecule has 7 atom stereocenters. The molecule has 9 heteroatoms. The first-order chi connectivity index (χ1) is 28.8. The maximum Gasteiger partial charge on any atom is 0.220 e. The highest BCUT2D eigenvalue weighted by Crippen LogP contribution is 2.23. The summed E-state index contributed by atoms with van der Waals surface area (Å²) in [5, 5.41) is 54.3. The molecule has 0 aromatic heterocycles. The molecular weight excluding hydrogens is 743 g/mol. The van der Waals surface area contributed by atoms with E-state index in [2.05, 4.69) is 19.2 Å². The van der Waals surface area contributed by atoms with Crippen molar-refractivity contribution >= 4 is 5.91 Å². The molecule has 0 aromatic carbocycles. The van der Waals surface area contributed by atoms with Gasteiger partial charge in [0.15, 0.2) is 6.29 Å². The maximum absolute atomic E-state index is 13.0. The van der Waals surface area contributed by atoms with Gasteiger partial charge in [0.1, 0.15) is 24.4 Å². The van der Waals surface area contributed by atoms with Crippen LogP contribution in [0.1, 0.15) is 245 Å². The Balaban J connectivity index is 2.24. The van der Waals surface area contributed by atoms with Crippen molar-refractivity contribution in [1.29, 1.82) is 0 Å². The number of hydrogen-bond donors (Lipinski definition) is 6. The van der Waals surface area contributed by atoms with Gasteiger partial charge < -0.3 is 40.3 Å². The van der Waals surface area contributed by atoms with E-state index in [1.807, 2.05) is 6.08 Å². The Morgan fingerprint density at radius 3 is 1.32 bits per heavy atom. The highest BCUT2D eigenvalue weighted by molar-refractivity contribution is 5.76. The third-order valence-electron chi connectivity index (χ3n) is 12.4. The third kappa shape index (κ3) is 31.4. The summed E-state index contributed by atoms with van der Waals surface area (Å²) in [6.07, 6.45) is 41.2. The summed E-state index contributed by atoms with van der Waals surface area (Å²) >= 11 is 0. The molecule has 1 rings (SSSR count). The number of allylic oxidation sites excluding steroid dienone is 1. The van der Waals surface area contributed by atoms with Crippen LogP contribution in [0, 0.1) is 0 Å². The lowest BCUT2D eigenvalue weighted by atomic mass is 9.99. The van der Waals surface area contributed by atoms with Gasteiger partial charge in [-0.25, -0.2) is 0 Å². The van der Waals surface area contributed by atoms with E-state index in [0.29, 0.717) is 6.42 Å². The molecule has 1 aliphatic rings. The molecule has 1 fully saturated rings. The first-order valence-corrected chi connectivity index (χ1v) is 25.4. The Morgan fingerprint density at radius 1 is 0.559 bits per heavy atom. The molecule has 0 spiro atoms. The number of aliphatic hydroxyl groups is 5. The van der Waals surface area contributed by atoms with Gasteiger partial charge in [0.25, 0.3) is 0 Å². The summed E-state index contributed by atoms with van der Waals surface area (Å²) in [4.78, 5) is 13.0. The van der Waals surface area contributed by atoms with Crippen molar-refractivity contribution in [2.75, 3.05) is 13.2 Å². The fraction of sp³-hybridized carbons (Fsp3) is 0.940. The van der Waals surface area contributed by atoms with Gasteiger partial charge in [-0.2, -0.15) is 0 Å². The minimum Gasteiger partial charge on any atom is -0.394 e. The lowest BCUT2D eigenvalue weighted by molar-refractivity contribution is -0.302. The lowest BCUT2D eigenvalue weighted by Crippen LogP contribution is -2.60. The number of amides is 1. The molecule has 9 nitrogen and oxygen atoms in total. The van der Waals surface area contributed by atoms with Crippen LogP contribution in [0.2, 0.25) is 0 Å². The maximum atomic E-state index is 13.0. The van der Waals surface area contributed by atoms with Gasteiger partial charge in [-0.1, -0.05) is 231 Å². The number of rotatable bonds is 43. The van der Waals surface area contributed by atoms with Crippen LogP contribution < -0.4 is 5.32 Å². The molecule has 1 amide bonds. The number of carbonyl (C=O) groups excluding carboxylic acids is 1. The minimum atomic E-state index is -1.56. The lowest BCUT2D eigenvalue weighted by Gasteiger charge is -2.40. The van der Waals surface area contributed by atoms with Gasteiger partial charge in [0.05, 0.1) is 25.4 Å². The van der Waals surface area contributed by atoms with Crippen LogP contribution >= 0.6 is 0 Å². The van der Waals surface area contributed by atoms with Crippen LogP contribution in [-0.4, -0.2) is 87.5 Å². The fourth-order valence-electron chi connectivity index (χ4n) is 8.28. The molecule has 6 N–H and O–H groups in total. The highest BCUT2D eigenvalue weighted by Gasteiger charge is 2.44. The van der Waals surface area contributed by atoms with E-state index in [0.717, 1.165) is 38.5 Å². The molecule has 0 radical (unpaired) electrons.